The Morgan fingerprint density at radius 3 is 1.36 bits per heavy atom. The van der Waals surface area contributed by atoms with Gasteiger partial charge < -0.3 is 22.1 Å². The zero-order chi connectivity index (χ0) is 26.9. The zero-order valence-electron chi connectivity index (χ0n) is 21.1. The molecule has 0 saturated carbocycles. The van der Waals surface area contributed by atoms with Crippen molar-refractivity contribution in [3.63, 3.8) is 0 Å². The van der Waals surface area contributed by atoms with Crippen LogP contribution in [0.25, 0.3) is 43.6 Å². The van der Waals surface area contributed by atoms with Crippen molar-refractivity contribution in [1.82, 2.24) is 9.97 Å². The second kappa shape index (κ2) is 9.90. The maximum absolute atomic E-state index is 12.5. The van der Waals surface area contributed by atoms with Gasteiger partial charge in [-0.3, -0.25) is 9.59 Å². The number of nitrogens with two attached hydrogens (primary N) is 2. The predicted molar refractivity (Wildman–Crippen MR) is 158 cm³/mol. The Kier molecular flexibility index (Phi) is 6.13. The number of nitrogen functional groups attached to an aromatic ring is 2. The van der Waals surface area contributed by atoms with E-state index < -0.39 is 0 Å². The van der Waals surface area contributed by atoms with Gasteiger partial charge in [0.25, 0.3) is 0 Å². The highest BCUT2D eigenvalue weighted by Gasteiger charge is 2.09. The summed E-state index contributed by atoms with van der Waals surface area (Å²) in [6.45, 7) is 0. The first-order chi connectivity index (χ1) is 18.9. The molecule has 0 bridgehead atoms. The number of aromatic nitrogens is 2. The fourth-order valence-corrected chi connectivity index (χ4v) is 4.69. The molecular formula is C31H26N6O2. The Morgan fingerprint density at radius 2 is 0.923 bits per heavy atom. The molecule has 192 valence electrons. The summed E-state index contributed by atoms with van der Waals surface area (Å²) in [6.07, 6.45) is 0.864. The summed E-state index contributed by atoms with van der Waals surface area (Å²) in [6, 6.07) is 26.6. The summed E-state index contributed by atoms with van der Waals surface area (Å²) in [5.74, 6) is -0.318. The fourth-order valence-electron chi connectivity index (χ4n) is 4.69. The highest BCUT2D eigenvalue weighted by atomic mass is 16.2. The number of rotatable bonds is 6. The minimum Gasteiger partial charge on any atom is -0.399 e. The monoisotopic (exact) mass is 514 g/mol. The largest absolute Gasteiger partial charge is 0.399 e. The van der Waals surface area contributed by atoms with Gasteiger partial charge in [0.15, 0.2) is 0 Å². The first kappa shape index (κ1) is 24.1. The number of carbonyl (C=O) groups is 2. The average Bonchev–Trinajstić information content (AvgIpc) is 2.90. The summed E-state index contributed by atoms with van der Waals surface area (Å²) < 4.78 is 0. The van der Waals surface area contributed by atoms with E-state index in [1.807, 2.05) is 84.9 Å². The molecule has 0 unspecified atom stereocenters. The molecule has 8 heteroatoms. The SMILES string of the molecule is Nc1ccc2cc3ccc(NC(=O)CCCC(=O)Nc4ccc5cc6ccc(N)cc6nc5c4)cc3nc2c1. The average molecular weight is 515 g/mol. The van der Waals surface area contributed by atoms with Crippen molar-refractivity contribution in [2.75, 3.05) is 22.1 Å². The standard InChI is InChI=1S/C31H26N6O2/c32-22-8-4-18-12-20-6-10-24(16-28(20)36-26(18)14-22)34-30(38)2-1-3-31(39)35-25-11-7-21-13-19-5-9-23(33)15-27(19)37-29(21)17-25/h4-17H,1-3,32-33H2,(H,34,38)(H,35,39). The highest BCUT2D eigenvalue weighted by molar-refractivity contribution is 5.99. The zero-order valence-corrected chi connectivity index (χ0v) is 21.1. The van der Waals surface area contributed by atoms with Crippen LogP contribution in [0.5, 0.6) is 0 Å². The smallest absolute Gasteiger partial charge is 0.224 e. The molecule has 2 heterocycles. The molecule has 0 aliphatic rings. The van der Waals surface area contributed by atoms with Gasteiger partial charge in [-0.1, -0.05) is 24.3 Å². The van der Waals surface area contributed by atoms with Gasteiger partial charge in [0.05, 0.1) is 22.1 Å². The van der Waals surface area contributed by atoms with Crippen molar-refractivity contribution in [2.24, 2.45) is 0 Å². The molecule has 2 aromatic heterocycles. The summed E-state index contributed by atoms with van der Waals surface area (Å²) >= 11 is 0. The van der Waals surface area contributed by atoms with Gasteiger partial charge in [-0.25, -0.2) is 9.97 Å². The minimum atomic E-state index is -0.159. The first-order valence-electron chi connectivity index (χ1n) is 12.7. The molecule has 39 heavy (non-hydrogen) atoms. The molecule has 6 N–H and O–H groups in total. The van der Waals surface area contributed by atoms with Gasteiger partial charge in [-0.05, 0) is 67.1 Å². The number of anilines is 4. The summed E-state index contributed by atoms with van der Waals surface area (Å²) in [5.41, 5.74) is 17.5. The van der Waals surface area contributed by atoms with E-state index in [4.69, 9.17) is 11.5 Å². The van der Waals surface area contributed by atoms with E-state index >= 15 is 0 Å². The van der Waals surface area contributed by atoms with Gasteiger partial charge in [-0.2, -0.15) is 0 Å². The lowest BCUT2D eigenvalue weighted by Gasteiger charge is -2.09. The summed E-state index contributed by atoms with van der Waals surface area (Å²) in [5, 5.41) is 9.77. The van der Waals surface area contributed by atoms with E-state index in [-0.39, 0.29) is 24.7 Å². The highest BCUT2D eigenvalue weighted by Crippen LogP contribution is 2.25. The normalized spacial score (nSPS) is 11.3. The van der Waals surface area contributed by atoms with Gasteiger partial charge in [0.1, 0.15) is 0 Å². The molecule has 0 aliphatic heterocycles. The van der Waals surface area contributed by atoms with Crippen LogP contribution >= 0.6 is 0 Å². The number of hydrogen-bond acceptors (Lipinski definition) is 6. The van der Waals surface area contributed by atoms with Crippen molar-refractivity contribution in [1.29, 1.82) is 0 Å². The predicted octanol–water partition coefficient (Wildman–Crippen LogP) is 6.00. The summed E-state index contributed by atoms with van der Waals surface area (Å²) in [7, 11) is 0. The van der Waals surface area contributed by atoms with E-state index in [1.54, 1.807) is 0 Å². The molecule has 6 aromatic rings. The second-order valence-electron chi connectivity index (χ2n) is 9.65. The van der Waals surface area contributed by atoms with Crippen molar-refractivity contribution in [3.8, 4) is 0 Å². The van der Waals surface area contributed by atoms with Crippen molar-refractivity contribution >= 4 is 78.2 Å². The van der Waals surface area contributed by atoms with E-state index in [0.717, 1.165) is 43.6 Å². The number of fused-ring (bicyclic) bond motifs is 4. The van der Waals surface area contributed by atoms with Crippen LogP contribution in [0.4, 0.5) is 22.7 Å². The fraction of sp³-hybridized carbons (Fsp3) is 0.0968. The third kappa shape index (κ3) is 5.26. The van der Waals surface area contributed by atoms with Crippen LogP contribution in [0.1, 0.15) is 19.3 Å². The Hall–Kier alpha value is -5.24. The van der Waals surface area contributed by atoms with Crippen LogP contribution in [-0.2, 0) is 9.59 Å². The molecule has 0 atom stereocenters. The van der Waals surface area contributed by atoms with E-state index in [1.165, 1.54) is 0 Å². The van der Waals surface area contributed by atoms with Gasteiger partial charge in [0, 0.05) is 57.1 Å². The number of nitrogens with one attached hydrogen (secondary N) is 2. The van der Waals surface area contributed by atoms with Crippen LogP contribution in [0.2, 0.25) is 0 Å². The number of hydrogen-bond donors (Lipinski definition) is 4. The number of benzene rings is 4. The van der Waals surface area contributed by atoms with E-state index in [2.05, 4.69) is 20.6 Å². The number of amides is 2. The lowest BCUT2D eigenvalue weighted by atomic mass is 10.1. The van der Waals surface area contributed by atoms with Crippen molar-refractivity contribution in [3.05, 3.63) is 84.9 Å². The van der Waals surface area contributed by atoms with Crippen LogP contribution in [0.15, 0.2) is 84.9 Å². The number of pyridine rings is 2. The molecular weight excluding hydrogens is 488 g/mol. The Bertz CT molecular complexity index is 1780. The maximum atomic E-state index is 12.5. The summed E-state index contributed by atoms with van der Waals surface area (Å²) in [4.78, 5) is 34.4. The van der Waals surface area contributed by atoms with Crippen LogP contribution in [-0.4, -0.2) is 21.8 Å². The molecule has 0 spiro atoms. The maximum Gasteiger partial charge on any atom is 0.224 e. The van der Waals surface area contributed by atoms with E-state index in [0.29, 0.717) is 29.2 Å². The molecule has 0 radical (unpaired) electrons. The number of carbonyl (C=O) groups excluding carboxylic acids is 2. The Labute approximate surface area is 224 Å². The van der Waals surface area contributed by atoms with Crippen molar-refractivity contribution < 1.29 is 9.59 Å². The van der Waals surface area contributed by atoms with E-state index in [9.17, 15) is 9.59 Å². The van der Waals surface area contributed by atoms with Crippen LogP contribution in [0, 0.1) is 0 Å². The lowest BCUT2D eigenvalue weighted by Crippen LogP contribution is -2.14. The van der Waals surface area contributed by atoms with Crippen LogP contribution < -0.4 is 22.1 Å². The van der Waals surface area contributed by atoms with Crippen molar-refractivity contribution in [2.45, 2.75) is 19.3 Å². The third-order valence-electron chi connectivity index (χ3n) is 6.65. The molecule has 0 fully saturated rings. The quantitative estimate of drug-likeness (QED) is 0.159. The molecule has 2 amide bonds. The van der Waals surface area contributed by atoms with Gasteiger partial charge in [0.2, 0.25) is 11.8 Å². The molecule has 0 saturated heterocycles. The molecule has 0 aliphatic carbocycles. The lowest BCUT2D eigenvalue weighted by molar-refractivity contribution is -0.117. The Balaban J connectivity index is 1.05. The van der Waals surface area contributed by atoms with Gasteiger partial charge >= 0.3 is 0 Å². The number of nitrogens with zero attached hydrogens (tertiary/aromatic N) is 2. The molecule has 8 nitrogen and oxygen atoms in total. The second-order valence-corrected chi connectivity index (χ2v) is 9.65. The first-order valence-corrected chi connectivity index (χ1v) is 12.7. The minimum absolute atomic E-state index is 0.159. The van der Waals surface area contributed by atoms with Gasteiger partial charge in [-0.15, -0.1) is 0 Å². The molecule has 6 rings (SSSR count). The molecule has 4 aromatic carbocycles. The third-order valence-corrected chi connectivity index (χ3v) is 6.65. The topological polar surface area (TPSA) is 136 Å². The van der Waals surface area contributed by atoms with Crippen LogP contribution in [0.3, 0.4) is 0 Å². The Morgan fingerprint density at radius 1 is 0.538 bits per heavy atom.